The van der Waals surface area contributed by atoms with Gasteiger partial charge < -0.3 is 15.2 Å². The number of benzene rings is 1. The number of ether oxygens (including phenoxy) is 1. The molecule has 3 rings (SSSR count). The summed E-state index contributed by atoms with van der Waals surface area (Å²) in [5.74, 6) is -2.23. The van der Waals surface area contributed by atoms with Gasteiger partial charge in [-0.25, -0.2) is 4.39 Å². The molecule has 0 unspecified atom stereocenters. The van der Waals surface area contributed by atoms with Crippen LogP contribution in [-0.4, -0.2) is 47.1 Å². The fraction of sp³-hybridized carbons (Fsp3) is 0.381. The van der Waals surface area contributed by atoms with E-state index in [9.17, 15) is 19.1 Å². The molecule has 2 aromatic rings. The Kier molecular flexibility index (Phi) is 6.77. The van der Waals surface area contributed by atoms with Gasteiger partial charge in [-0.2, -0.15) is 0 Å². The highest BCUT2D eigenvalue weighted by Gasteiger charge is 2.35. The highest BCUT2D eigenvalue weighted by molar-refractivity contribution is 5.80. The standard InChI is InChI=1S/C21H24FN3O4/c1-29-18-5-6-19(22)14(9-18)11-25-12-15(8-16(13-25)21(27)28)20(26)24-10-17-4-2-3-7-23-17/h2-7,9,15-16H,8,10-13H2,1H3,(H,24,26)(H,27,28)/t15-,16+/m0/s1. The molecule has 8 heteroatoms. The first-order valence-corrected chi connectivity index (χ1v) is 9.41. The Morgan fingerprint density at radius 3 is 2.76 bits per heavy atom. The molecule has 154 valence electrons. The van der Waals surface area contributed by atoms with Crippen molar-refractivity contribution >= 4 is 11.9 Å². The molecule has 2 atom stereocenters. The van der Waals surface area contributed by atoms with E-state index in [4.69, 9.17) is 4.74 Å². The third-order valence-corrected chi connectivity index (χ3v) is 5.06. The van der Waals surface area contributed by atoms with Crippen LogP contribution in [0.2, 0.25) is 0 Å². The fourth-order valence-corrected chi connectivity index (χ4v) is 3.55. The predicted octanol–water partition coefficient (Wildman–Crippen LogP) is 2.07. The number of hydrogen-bond acceptors (Lipinski definition) is 5. The van der Waals surface area contributed by atoms with Crippen LogP contribution in [-0.2, 0) is 22.7 Å². The second-order valence-corrected chi connectivity index (χ2v) is 7.16. The number of hydrogen-bond donors (Lipinski definition) is 2. The number of aliphatic carboxylic acids is 1. The van der Waals surface area contributed by atoms with E-state index in [-0.39, 0.29) is 37.8 Å². The first-order chi connectivity index (χ1) is 14.0. The molecule has 0 aliphatic carbocycles. The largest absolute Gasteiger partial charge is 0.497 e. The number of aromatic nitrogens is 1. The van der Waals surface area contributed by atoms with Crippen LogP contribution in [0, 0.1) is 17.7 Å². The Hall–Kier alpha value is -3.00. The molecule has 29 heavy (non-hydrogen) atoms. The van der Waals surface area contributed by atoms with Gasteiger partial charge >= 0.3 is 5.97 Å². The number of carbonyl (C=O) groups is 2. The van der Waals surface area contributed by atoms with Gasteiger partial charge in [0, 0.05) is 31.4 Å². The Morgan fingerprint density at radius 2 is 2.07 bits per heavy atom. The predicted molar refractivity (Wildman–Crippen MR) is 104 cm³/mol. The first-order valence-electron chi connectivity index (χ1n) is 9.41. The molecule has 2 heterocycles. The maximum absolute atomic E-state index is 14.2. The summed E-state index contributed by atoms with van der Waals surface area (Å²) < 4.78 is 19.3. The summed E-state index contributed by atoms with van der Waals surface area (Å²) in [5, 5.41) is 12.3. The number of rotatable bonds is 7. The van der Waals surface area contributed by atoms with Crippen LogP contribution in [0.25, 0.3) is 0 Å². The summed E-state index contributed by atoms with van der Waals surface area (Å²) in [6.07, 6.45) is 1.90. The number of pyridine rings is 1. The van der Waals surface area contributed by atoms with Gasteiger partial charge in [0.25, 0.3) is 0 Å². The number of nitrogens with zero attached hydrogens (tertiary/aromatic N) is 2. The topological polar surface area (TPSA) is 91.8 Å². The van der Waals surface area contributed by atoms with Crippen molar-refractivity contribution in [3.8, 4) is 5.75 Å². The lowest BCUT2D eigenvalue weighted by atomic mass is 9.88. The van der Waals surface area contributed by atoms with E-state index in [2.05, 4.69) is 10.3 Å². The zero-order chi connectivity index (χ0) is 20.8. The summed E-state index contributed by atoms with van der Waals surface area (Å²) in [7, 11) is 1.50. The average Bonchev–Trinajstić information content (AvgIpc) is 2.74. The lowest BCUT2D eigenvalue weighted by Gasteiger charge is -2.35. The Balaban J connectivity index is 1.68. The first kappa shape index (κ1) is 20.7. The van der Waals surface area contributed by atoms with Crippen molar-refractivity contribution < 1.29 is 23.8 Å². The minimum Gasteiger partial charge on any atom is -0.497 e. The van der Waals surface area contributed by atoms with Crippen molar-refractivity contribution in [2.24, 2.45) is 11.8 Å². The highest BCUT2D eigenvalue weighted by Crippen LogP contribution is 2.26. The number of carboxylic acids is 1. The second-order valence-electron chi connectivity index (χ2n) is 7.16. The molecule has 2 N–H and O–H groups in total. The van der Waals surface area contributed by atoms with Crippen LogP contribution in [0.5, 0.6) is 5.75 Å². The molecule has 0 spiro atoms. The molecule has 0 radical (unpaired) electrons. The number of nitrogens with one attached hydrogen (secondary N) is 1. The quantitative estimate of drug-likeness (QED) is 0.738. The number of halogens is 1. The van der Waals surface area contributed by atoms with Crippen LogP contribution in [0.15, 0.2) is 42.6 Å². The normalized spacial score (nSPS) is 19.5. The number of amides is 1. The lowest BCUT2D eigenvalue weighted by Crippen LogP contribution is -2.47. The van der Waals surface area contributed by atoms with Gasteiger partial charge in [-0.3, -0.25) is 19.5 Å². The molecule has 1 aromatic heterocycles. The summed E-state index contributed by atoms with van der Waals surface area (Å²) in [6.45, 7) is 1.10. The second kappa shape index (κ2) is 9.47. The molecule has 0 saturated carbocycles. The smallest absolute Gasteiger partial charge is 0.307 e. The van der Waals surface area contributed by atoms with E-state index >= 15 is 0 Å². The molecular formula is C21H24FN3O4. The van der Waals surface area contributed by atoms with Crippen LogP contribution < -0.4 is 10.1 Å². The van der Waals surface area contributed by atoms with Gasteiger partial charge in [0.05, 0.1) is 31.2 Å². The molecule has 1 aromatic carbocycles. The van der Waals surface area contributed by atoms with Crippen molar-refractivity contribution in [3.05, 3.63) is 59.7 Å². The van der Waals surface area contributed by atoms with Gasteiger partial charge in [-0.1, -0.05) is 6.07 Å². The van der Waals surface area contributed by atoms with Crippen LogP contribution in [0.3, 0.4) is 0 Å². The molecule has 0 bridgehead atoms. The van der Waals surface area contributed by atoms with Crippen molar-refractivity contribution in [2.75, 3.05) is 20.2 Å². The lowest BCUT2D eigenvalue weighted by molar-refractivity contribution is -0.145. The monoisotopic (exact) mass is 401 g/mol. The summed E-state index contributed by atoms with van der Waals surface area (Å²) in [5.41, 5.74) is 1.13. The van der Waals surface area contributed by atoms with Gasteiger partial charge in [0.1, 0.15) is 11.6 Å². The summed E-state index contributed by atoms with van der Waals surface area (Å²) in [4.78, 5) is 30.2. The van der Waals surface area contributed by atoms with Crippen molar-refractivity contribution in [3.63, 3.8) is 0 Å². The molecule has 1 saturated heterocycles. The van der Waals surface area contributed by atoms with Gasteiger partial charge in [-0.15, -0.1) is 0 Å². The van der Waals surface area contributed by atoms with E-state index in [1.54, 1.807) is 24.4 Å². The van der Waals surface area contributed by atoms with Gasteiger partial charge in [0.15, 0.2) is 0 Å². The molecule has 7 nitrogen and oxygen atoms in total. The maximum Gasteiger partial charge on any atom is 0.307 e. The van der Waals surface area contributed by atoms with E-state index < -0.39 is 17.8 Å². The van der Waals surface area contributed by atoms with Crippen LogP contribution in [0.1, 0.15) is 17.7 Å². The Bertz CT molecular complexity index is 862. The molecule has 1 aliphatic rings. The maximum atomic E-state index is 14.2. The zero-order valence-electron chi connectivity index (χ0n) is 16.2. The van der Waals surface area contributed by atoms with Gasteiger partial charge in [-0.05, 0) is 36.8 Å². The highest BCUT2D eigenvalue weighted by atomic mass is 19.1. The SMILES string of the molecule is COc1ccc(F)c(CN2C[C@H](C(=O)O)C[C@H](C(=O)NCc3ccccn3)C2)c1. The Morgan fingerprint density at radius 1 is 1.28 bits per heavy atom. The fourth-order valence-electron chi connectivity index (χ4n) is 3.55. The molecule has 1 aliphatic heterocycles. The number of likely N-dealkylation sites (tertiary alicyclic amines) is 1. The third-order valence-electron chi connectivity index (χ3n) is 5.06. The Labute approximate surface area is 168 Å². The minimum atomic E-state index is -0.955. The van der Waals surface area contributed by atoms with Crippen molar-refractivity contribution in [1.29, 1.82) is 0 Å². The third kappa shape index (κ3) is 5.51. The number of piperidine rings is 1. The van der Waals surface area contributed by atoms with Crippen molar-refractivity contribution in [2.45, 2.75) is 19.5 Å². The zero-order valence-corrected chi connectivity index (χ0v) is 16.2. The average molecular weight is 401 g/mol. The van der Waals surface area contributed by atoms with E-state index in [1.807, 2.05) is 11.0 Å². The number of methoxy groups -OCH3 is 1. The molecule has 1 fully saturated rings. The minimum absolute atomic E-state index is 0.205. The molecule has 1 amide bonds. The van der Waals surface area contributed by atoms with E-state index in [1.165, 1.54) is 19.2 Å². The summed E-state index contributed by atoms with van der Waals surface area (Å²) in [6, 6.07) is 9.88. The van der Waals surface area contributed by atoms with E-state index in [0.717, 1.165) is 5.69 Å². The van der Waals surface area contributed by atoms with Crippen LogP contribution >= 0.6 is 0 Å². The number of carboxylic acid groups (broad SMARTS) is 1. The summed E-state index contributed by atoms with van der Waals surface area (Å²) >= 11 is 0. The van der Waals surface area contributed by atoms with E-state index in [0.29, 0.717) is 17.9 Å². The number of carbonyl (C=O) groups excluding carboxylic acids is 1. The van der Waals surface area contributed by atoms with Crippen molar-refractivity contribution in [1.82, 2.24) is 15.2 Å². The van der Waals surface area contributed by atoms with Crippen LogP contribution in [0.4, 0.5) is 4.39 Å². The molecular weight excluding hydrogens is 377 g/mol. The van der Waals surface area contributed by atoms with Gasteiger partial charge in [0.2, 0.25) is 5.91 Å².